The minimum absolute atomic E-state index is 0.0122. The first-order valence-electron chi connectivity index (χ1n) is 8.06. The SMILES string of the molecule is CC(C)C(NC(=O)Cc1csc(-c2cccc(Br)c2)n1)c1cccs1. The van der Waals surface area contributed by atoms with E-state index in [1.54, 1.807) is 22.7 Å². The van der Waals surface area contributed by atoms with E-state index < -0.39 is 0 Å². The number of hydrogen-bond donors (Lipinski definition) is 1. The van der Waals surface area contributed by atoms with Crippen LogP contribution in [0, 0.1) is 5.92 Å². The number of rotatable bonds is 6. The van der Waals surface area contributed by atoms with E-state index in [0.29, 0.717) is 12.3 Å². The highest BCUT2D eigenvalue weighted by molar-refractivity contribution is 9.10. The topological polar surface area (TPSA) is 42.0 Å². The number of halogens is 1. The minimum Gasteiger partial charge on any atom is -0.348 e. The Labute approximate surface area is 164 Å². The van der Waals surface area contributed by atoms with Gasteiger partial charge in [-0.15, -0.1) is 22.7 Å². The number of thiophene rings is 1. The quantitative estimate of drug-likeness (QED) is 0.541. The maximum absolute atomic E-state index is 12.5. The third-order valence-corrected chi connectivity index (χ3v) is 6.19. The molecule has 0 saturated carbocycles. The van der Waals surface area contributed by atoms with E-state index >= 15 is 0 Å². The molecule has 1 atom stereocenters. The highest BCUT2D eigenvalue weighted by Gasteiger charge is 2.20. The summed E-state index contributed by atoms with van der Waals surface area (Å²) in [5.41, 5.74) is 1.87. The van der Waals surface area contributed by atoms with E-state index in [9.17, 15) is 4.79 Å². The molecule has 6 heteroatoms. The Bertz CT molecular complexity index is 843. The van der Waals surface area contributed by atoms with E-state index in [1.807, 2.05) is 41.1 Å². The molecule has 0 aliphatic rings. The first kappa shape index (κ1) is 18.3. The number of nitrogens with one attached hydrogen (secondary N) is 1. The van der Waals surface area contributed by atoms with Crippen molar-refractivity contribution >= 4 is 44.5 Å². The van der Waals surface area contributed by atoms with Crippen LogP contribution in [0.3, 0.4) is 0 Å². The fourth-order valence-corrected chi connectivity index (χ4v) is 4.73. The maximum Gasteiger partial charge on any atom is 0.226 e. The number of nitrogens with zero attached hydrogens (tertiary/aromatic N) is 1. The zero-order valence-electron chi connectivity index (χ0n) is 14.0. The summed E-state index contributed by atoms with van der Waals surface area (Å²) in [6, 6.07) is 12.2. The van der Waals surface area contributed by atoms with Crippen LogP contribution in [0.5, 0.6) is 0 Å². The van der Waals surface area contributed by atoms with Crippen LogP contribution < -0.4 is 5.32 Å². The lowest BCUT2D eigenvalue weighted by atomic mass is 10.0. The average Bonchev–Trinajstić information content (AvgIpc) is 3.24. The molecule has 0 bridgehead atoms. The van der Waals surface area contributed by atoms with Crippen molar-refractivity contribution in [2.75, 3.05) is 0 Å². The Kier molecular flexibility index (Phi) is 6.04. The Morgan fingerprint density at radius 3 is 2.76 bits per heavy atom. The predicted octanol–water partition coefficient (Wildman–Crippen LogP) is 5.69. The number of thiazole rings is 1. The molecule has 3 nitrogen and oxygen atoms in total. The molecule has 25 heavy (non-hydrogen) atoms. The van der Waals surface area contributed by atoms with Crippen LogP contribution in [-0.4, -0.2) is 10.9 Å². The molecule has 0 aliphatic heterocycles. The third-order valence-electron chi connectivity index (χ3n) is 3.80. The summed E-state index contributed by atoms with van der Waals surface area (Å²) in [5.74, 6) is 0.355. The highest BCUT2D eigenvalue weighted by Crippen LogP contribution is 2.28. The van der Waals surface area contributed by atoms with Gasteiger partial charge in [-0.25, -0.2) is 4.98 Å². The highest BCUT2D eigenvalue weighted by atomic mass is 79.9. The van der Waals surface area contributed by atoms with E-state index in [2.05, 4.69) is 46.1 Å². The molecule has 0 aliphatic carbocycles. The fraction of sp³-hybridized carbons (Fsp3) is 0.263. The molecule has 1 aromatic carbocycles. The van der Waals surface area contributed by atoms with Gasteiger partial charge < -0.3 is 5.32 Å². The van der Waals surface area contributed by atoms with Crippen LogP contribution in [0.2, 0.25) is 0 Å². The Morgan fingerprint density at radius 2 is 2.08 bits per heavy atom. The predicted molar refractivity (Wildman–Crippen MR) is 109 cm³/mol. The lowest BCUT2D eigenvalue weighted by molar-refractivity contribution is -0.121. The average molecular weight is 435 g/mol. The lowest BCUT2D eigenvalue weighted by Crippen LogP contribution is -2.32. The van der Waals surface area contributed by atoms with Crippen LogP contribution in [0.4, 0.5) is 0 Å². The van der Waals surface area contributed by atoms with Gasteiger partial charge in [-0.3, -0.25) is 4.79 Å². The van der Waals surface area contributed by atoms with Crippen LogP contribution in [0.1, 0.15) is 30.5 Å². The summed E-state index contributed by atoms with van der Waals surface area (Å²) >= 11 is 6.72. The molecule has 0 radical (unpaired) electrons. The lowest BCUT2D eigenvalue weighted by Gasteiger charge is -2.21. The van der Waals surface area contributed by atoms with Gasteiger partial charge in [0.25, 0.3) is 0 Å². The zero-order valence-corrected chi connectivity index (χ0v) is 17.2. The summed E-state index contributed by atoms with van der Waals surface area (Å²) in [5, 5.41) is 8.09. The Morgan fingerprint density at radius 1 is 1.24 bits per heavy atom. The van der Waals surface area contributed by atoms with Crippen LogP contribution >= 0.6 is 38.6 Å². The van der Waals surface area contributed by atoms with Crippen molar-refractivity contribution in [3.63, 3.8) is 0 Å². The summed E-state index contributed by atoms with van der Waals surface area (Å²) in [6.07, 6.45) is 0.305. The van der Waals surface area contributed by atoms with Crippen LogP contribution in [0.25, 0.3) is 10.6 Å². The van der Waals surface area contributed by atoms with Gasteiger partial charge in [0.15, 0.2) is 0 Å². The number of benzene rings is 1. The molecule has 1 N–H and O–H groups in total. The Balaban J connectivity index is 1.67. The van der Waals surface area contributed by atoms with Crippen molar-refractivity contribution in [3.8, 4) is 10.6 Å². The van der Waals surface area contributed by atoms with Crippen molar-refractivity contribution in [2.45, 2.75) is 26.3 Å². The van der Waals surface area contributed by atoms with Gasteiger partial charge in [-0.1, -0.05) is 48.0 Å². The molecular formula is C19H19BrN2OS2. The molecule has 3 rings (SSSR count). The smallest absolute Gasteiger partial charge is 0.226 e. The van der Waals surface area contributed by atoms with Gasteiger partial charge in [0, 0.05) is 20.3 Å². The monoisotopic (exact) mass is 434 g/mol. The van der Waals surface area contributed by atoms with E-state index in [-0.39, 0.29) is 11.9 Å². The van der Waals surface area contributed by atoms with Gasteiger partial charge in [0.05, 0.1) is 18.2 Å². The molecule has 2 heterocycles. The largest absolute Gasteiger partial charge is 0.348 e. The van der Waals surface area contributed by atoms with Crippen LogP contribution in [-0.2, 0) is 11.2 Å². The van der Waals surface area contributed by atoms with E-state index in [0.717, 1.165) is 20.7 Å². The normalized spacial score (nSPS) is 12.3. The molecule has 0 spiro atoms. The Hall–Kier alpha value is -1.50. The second kappa shape index (κ2) is 8.25. The summed E-state index contributed by atoms with van der Waals surface area (Å²) in [4.78, 5) is 18.3. The molecule has 130 valence electrons. The minimum atomic E-state index is 0.0122. The summed E-state index contributed by atoms with van der Waals surface area (Å²) in [7, 11) is 0. The first-order chi connectivity index (χ1) is 12.0. The summed E-state index contributed by atoms with van der Waals surface area (Å²) < 4.78 is 1.02. The molecule has 0 saturated heterocycles. The second-order valence-electron chi connectivity index (χ2n) is 6.14. The number of carbonyl (C=O) groups excluding carboxylic acids is 1. The van der Waals surface area contributed by atoms with Crippen molar-refractivity contribution in [2.24, 2.45) is 5.92 Å². The molecule has 2 aromatic heterocycles. The van der Waals surface area contributed by atoms with Gasteiger partial charge in [0.1, 0.15) is 5.01 Å². The standard InChI is InChI=1S/C19H19BrN2OS2/c1-12(2)18(16-7-4-8-24-16)22-17(23)10-15-11-25-19(21-15)13-5-3-6-14(20)9-13/h3-9,11-12,18H,10H2,1-2H3,(H,22,23). The number of aromatic nitrogens is 1. The second-order valence-corrected chi connectivity index (χ2v) is 8.89. The molecule has 1 amide bonds. The van der Waals surface area contributed by atoms with Crippen molar-refractivity contribution in [3.05, 3.63) is 62.2 Å². The zero-order chi connectivity index (χ0) is 17.8. The van der Waals surface area contributed by atoms with Crippen molar-refractivity contribution in [1.82, 2.24) is 10.3 Å². The van der Waals surface area contributed by atoms with Gasteiger partial charge in [0.2, 0.25) is 5.91 Å². The van der Waals surface area contributed by atoms with Crippen molar-refractivity contribution < 1.29 is 4.79 Å². The van der Waals surface area contributed by atoms with E-state index in [1.165, 1.54) is 4.88 Å². The molecule has 1 unspecified atom stereocenters. The first-order valence-corrected chi connectivity index (χ1v) is 10.6. The summed E-state index contributed by atoms with van der Waals surface area (Å²) in [6.45, 7) is 4.25. The van der Waals surface area contributed by atoms with Gasteiger partial charge in [-0.2, -0.15) is 0 Å². The molecule has 3 aromatic rings. The van der Waals surface area contributed by atoms with Gasteiger partial charge in [-0.05, 0) is 29.5 Å². The van der Waals surface area contributed by atoms with E-state index in [4.69, 9.17) is 0 Å². The molecular weight excluding hydrogens is 416 g/mol. The third kappa shape index (κ3) is 4.77. The van der Waals surface area contributed by atoms with Crippen molar-refractivity contribution in [1.29, 1.82) is 0 Å². The molecule has 0 fully saturated rings. The van der Waals surface area contributed by atoms with Crippen LogP contribution in [0.15, 0.2) is 51.6 Å². The number of carbonyl (C=O) groups is 1. The number of amides is 1. The number of hydrogen-bond acceptors (Lipinski definition) is 4. The van der Waals surface area contributed by atoms with Gasteiger partial charge >= 0.3 is 0 Å². The fourth-order valence-electron chi connectivity index (χ4n) is 2.57. The maximum atomic E-state index is 12.5.